The number of hydrogen-bond acceptors (Lipinski definition) is 5. The lowest BCUT2D eigenvalue weighted by Gasteiger charge is -2.46. The Bertz CT molecular complexity index is 1700. The molecule has 39 heavy (non-hydrogen) atoms. The van der Waals surface area contributed by atoms with E-state index in [1.807, 2.05) is 63.2 Å². The average Bonchev–Trinajstić information content (AvgIpc) is 3.37. The lowest BCUT2D eigenvalue weighted by atomic mass is 9.80. The summed E-state index contributed by atoms with van der Waals surface area (Å²) in [5.74, 6) is 7.71. The Morgan fingerprint density at radius 1 is 1.26 bits per heavy atom. The minimum absolute atomic E-state index is 0.0430. The number of imidazole rings is 1. The highest BCUT2D eigenvalue weighted by Gasteiger charge is 2.45. The second-order valence-corrected chi connectivity index (χ2v) is 11.6. The van der Waals surface area contributed by atoms with Gasteiger partial charge in [-0.25, -0.2) is 4.98 Å². The van der Waals surface area contributed by atoms with Gasteiger partial charge < -0.3 is 19.5 Å². The van der Waals surface area contributed by atoms with Crippen molar-refractivity contribution in [1.82, 2.24) is 19.8 Å². The maximum absolute atomic E-state index is 13.1. The predicted octanol–water partition coefficient (Wildman–Crippen LogP) is 4.26. The fourth-order valence-electron chi connectivity index (χ4n) is 5.54. The van der Waals surface area contributed by atoms with E-state index in [1.54, 1.807) is 18.7 Å². The SMILES string of the molecule is CC(C)Oc1cccc2c1[C@H]1C=C(NC2=O)c2nc3ccc(C#CC4(C)CN(C(=O)C(C)(C)C#N)C4)cc3n21. The van der Waals surface area contributed by atoms with Crippen LogP contribution in [-0.2, 0) is 4.79 Å². The van der Waals surface area contributed by atoms with Gasteiger partial charge in [-0.2, -0.15) is 5.26 Å². The van der Waals surface area contributed by atoms with E-state index in [1.165, 1.54) is 0 Å². The van der Waals surface area contributed by atoms with Crippen molar-refractivity contribution in [3.63, 3.8) is 0 Å². The predicted molar refractivity (Wildman–Crippen MR) is 146 cm³/mol. The first-order valence-corrected chi connectivity index (χ1v) is 13.1. The van der Waals surface area contributed by atoms with Crippen LogP contribution in [0, 0.1) is 34.0 Å². The van der Waals surface area contributed by atoms with E-state index in [9.17, 15) is 14.9 Å². The molecule has 2 bridgehead atoms. The molecule has 0 spiro atoms. The Balaban J connectivity index is 1.35. The summed E-state index contributed by atoms with van der Waals surface area (Å²) in [4.78, 5) is 32.2. The molecule has 4 heterocycles. The monoisotopic (exact) mass is 519 g/mol. The number of carbonyl (C=O) groups excluding carboxylic acids is 2. The summed E-state index contributed by atoms with van der Waals surface area (Å²) in [7, 11) is 0. The summed E-state index contributed by atoms with van der Waals surface area (Å²) in [6.07, 6.45) is 1.99. The first kappa shape index (κ1) is 24.8. The summed E-state index contributed by atoms with van der Waals surface area (Å²) < 4.78 is 8.27. The van der Waals surface area contributed by atoms with Crippen molar-refractivity contribution in [2.45, 2.75) is 46.8 Å². The van der Waals surface area contributed by atoms with Gasteiger partial charge in [0, 0.05) is 29.8 Å². The molecule has 0 saturated carbocycles. The van der Waals surface area contributed by atoms with Gasteiger partial charge in [0.15, 0.2) is 5.82 Å². The molecule has 2 amide bonds. The van der Waals surface area contributed by atoms with Crippen molar-refractivity contribution in [2.24, 2.45) is 10.8 Å². The van der Waals surface area contributed by atoms with E-state index in [2.05, 4.69) is 27.8 Å². The van der Waals surface area contributed by atoms with E-state index in [0.29, 0.717) is 35.9 Å². The first-order chi connectivity index (χ1) is 18.5. The number of fused-ring (bicyclic) bond motifs is 8. The second kappa shape index (κ2) is 8.47. The number of rotatable bonds is 3. The highest BCUT2D eigenvalue weighted by molar-refractivity contribution is 6.04. The molecule has 3 aliphatic rings. The molecule has 1 aromatic heterocycles. The minimum atomic E-state index is -1.04. The van der Waals surface area contributed by atoms with Crippen LogP contribution >= 0.6 is 0 Å². The average molecular weight is 520 g/mol. The molecular formula is C31H29N5O3. The van der Waals surface area contributed by atoms with Crippen molar-refractivity contribution >= 4 is 28.5 Å². The highest BCUT2D eigenvalue weighted by Crippen LogP contribution is 2.43. The summed E-state index contributed by atoms with van der Waals surface area (Å²) >= 11 is 0. The zero-order chi connectivity index (χ0) is 27.7. The van der Waals surface area contributed by atoms with E-state index < -0.39 is 5.41 Å². The first-order valence-electron chi connectivity index (χ1n) is 13.1. The van der Waals surface area contributed by atoms with Gasteiger partial charge in [-0.15, -0.1) is 0 Å². The molecule has 196 valence electrons. The van der Waals surface area contributed by atoms with Crippen molar-refractivity contribution in [2.75, 3.05) is 13.1 Å². The largest absolute Gasteiger partial charge is 0.491 e. The quantitative estimate of drug-likeness (QED) is 0.521. The molecule has 6 rings (SSSR count). The van der Waals surface area contributed by atoms with Gasteiger partial charge in [0.25, 0.3) is 5.91 Å². The number of allylic oxidation sites excluding steroid dienone is 1. The second-order valence-electron chi connectivity index (χ2n) is 11.6. The Labute approximate surface area is 227 Å². The number of aromatic nitrogens is 2. The molecule has 0 unspecified atom stereocenters. The Hall–Kier alpha value is -4.56. The smallest absolute Gasteiger partial charge is 0.256 e. The summed E-state index contributed by atoms with van der Waals surface area (Å²) in [5, 5.41) is 12.3. The van der Waals surface area contributed by atoms with Gasteiger partial charge in [-0.05, 0) is 71.0 Å². The van der Waals surface area contributed by atoms with Crippen LogP contribution in [0.4, 0.5) is 0 Å². The van der Waals surface area contributed by atoms with Crippen LogP contribution in [0.1, 0.15) is 68.0 Å². The molecule has 1 N–H and O–H groups in total. The zero-order valence-electron chi connectivity index (χ0n) is 22.6. The van der Waals surface area contributed by atoms with Crippen LogP contribution in [0.15, 0.2) is 42.5 Å². The molecule has 1 fully saturated rings. The number of likely N-dealkylation sites (tertiary alicyclic amines) is 1. The van der Waals surface area contributed by atoms with Crippen molar-refractivity contribution in [3.05, 3.63) is 65.0 Å². The van der Waals surface area contributed by atoms with Crippen LogP contribution in [0.3, 0.4) is 0 Å². The van der Waals surface area contributed by atoms with Gasteiger partial charge in [-0.3, -0.25) is 9.59 Å². The Morgan fingerprint density at radius 2 is 2.03 bits per heavy atom. The maximum Gasteiger partial charge on any atom is 0.256 e. The van der Waals surface area contributed by atoms with Gasteiger partial charge in [0.05, 0.1) is 40.4 Å². The van der Waals surface area contributed by atoms with Gasteiger partial charge in [-0.1, -0.05) is 17.9 Å². The third-order valence-corrected chi connectivity index (χ3v) is 7.44. The van der Waals surface area contributed by atoms with Gasteiger partial charge in [0.1, 0.15) is 11.2 Å². The topological polar surface area (TPSA) is 100 Å². The van der Waals surface area contributed by atoms with Crippen molar-refractivity contribution in [1.29, 1.82) is 5.26 Å². The molecule has 3 aromatic rings. The van der Waals surface area contributed by atoms with Crippen LogP contribution in [-0.4, -0.2) is 45.5 Å². The summed E-state index contributed by atoms with van der Waals surface area (Å²) in [6, 6.07) is 13.3. The third-order valence-electron chi connectivity index (χ3n) is 7.44. The normalized spacial score (nSPS) is 18.6. The fourth-order valence-corrected chi connectivity index (χ4v) is 5.54. The lowest BCUT2D eigenvalue weighted by molar-refractivity contribution is -0.146. The number of carbonyl (C=O) groups is 2. The molecule has 1 atom stereocenters. The number of amides is 2. The number of hydrogen-bond donors (Lipinski definition) is 1. The standard InChI is InChI=1S/C31H29N5O3/c1-18(2)39-25-8-6-7-20-26(25)24-14-22(34-28(20)37)27-33-21-10-9-19(13-23(21)36(24)27)11-12-31(5)16-35(17-31)29(38)30(3,4)15-32/h6-10,13-14,18,24H,16-17H2,1-5H3,(H,34,37)/t24-/m1/s1. The molecule has 3 aliphatic heterocycles. The van der Waals surface area contributed by atoms with E-state index in [4.69, 9.17) is 9.72 Å². The zero-order valence-corrected chi connectivity index (χ0v) is 22.6. The molecule has 8 heteroatoms. The summed E-state index contributed by atoms with van der Waals surface area (Å²) in [6.45, 7) is 10.3. The van der Waals surface area contributed by atoms with Gasteiger partial charge >= 0.3 is 0 Å². The lowest BCUT2D eigenvalue weighted by Crippen LogP contribution is -2.59. The van der Waals surface area contributed by atoms with Crippen LogP contribution in [0.25, 0.3) is 16.7 Å². The number of nitrogens with one attached hydrogen (secondary N) is 1. The molecule has 2 aromatic carbocycles. The number of benzene rings is 2. The van der Waals surface area contributed by atoms with Crippen molar-refractivity contribution in [3.8, 4) is 23.7 Å². The van der Waals surface area contributed by atoms with E-state index in [-0.39, 0.29) is 29.4 Å². The number of nitrogens with zero attached hydrogens (tertiary/aromatic N) is 4. The third kappa shape index (κ3) is 3.95. The van der Waals surface area contributed by atoms with E-state index in [0.717, 1.165) is 22.2 Å². The van der Waals surface area contributed by atoms with Crippen LogP contribution < -0.4 is 10.1 Å². The van der Waals surface area contributed by atoms with Crippen LogP contribution in [0.2, 0.25) is 0 Å². The summed E-state index contributed by atoms with van der Waals surface area (Å²) in [5.41, 5.74) is 3.30. The van der Waals surface area contributed by atoms with Crippen molar-refractivity contribution < 1.29 is 14.3 Å². The Kier molecular flexibility index (Phi) is 5.38. The molecule has 0 radical (unpaired) electrons. The highest BCUT2D eigenvalue weighted by atomic mass is 16.5. The molecular weight excluding hydrogens is 490 g/mol. The fraction of sp³-hybridized carbons (Fsp3) is 0.355. The maximum atomic E-state index is 13.1. The molecule has 1 saturated heterocycles. The van der Waals surface area contributed by atoms with Gasteiger partial charge in [0.2, 0.25) is 5.91 Å². The minimum Gasteiger partial charge on any atom is -0.491 e. The molecule has 0 aliphatic carbocycles. The van der Waals surface area contributed by atoms with Crippen LogP contribution in [0.5, 0.6) is 5.75 Å². The number of ether oxygens (including phenoxy) is 1. The number of nitriles is 1. The molecule has 8 nitrogen and oxygen atoms in total. The Morgan fingerprint density at radius 3 is 2.74 bits per heavy atom. The van der Waals surface area contributed by atoms with E-state index >= 15 is 0 Å².